The molecule has 4 amide bonds. The first-order valence-electron chi connectivity index (χ1n) is 9.75. The highest BCUT2D eigenvalue weighted by molar-refractivity contribution is 6.08. The third-order valence-corrected chi connectivity index (χ3v) is 5.73. The molecule has 0 radical (unpaired) electrons. The van der Waals surface area contributed by atoms with Gasteiger partial charge in [0.1, 0.15) is 17.1 Å². The summed E-state index contributed by atoms with van der Waals surface area (Å²) in [6.45, 7) is 0.158. The zero-order chi connectivity index (χ0) is 22.5. The van der Waals surface area contributed by atoms with E-state index in [0.29, 0.717) is 27.8 Å². The minimum atomic E-state index is -1.59. The quantitative estimate of drug-likeness (QED) is 0.243. The molecule has 3 aromatic rings. The number of furan rings is 1. The predicted octanol–water partition coefficient (Wildman–Crippen LogP) is 1.94. The molecule has 0 saturated carbocycles. The minimum Gasteiger partial charge on any atom is -0.497 e. The van der Waals surface area contributed by atoms with Gasteiger partial charge in [-0.15, -0.1) is 0 Å². The fourth-order valence-electron chi connectivity index (χ4n) is 4.15. The molecule has 32 heavy (non-hydrogen) atoms. The van der Waals surface area contributed by atoms with Crippen molar-refractivity contribution >= 4 is 35.0 Å². The van der Waals surface area contributed by atoms with Crippen LogP contribution in [0.4, 0.5) is 4.79 Å². The molecule has 1 saturated heterocycles. The average molecular weight is 434 g/mol. The summed E-state index contributed by atoms with van der Waals surface area (Å²) >= 11 is 0. The SMILES string of the molecule is COc1ccc2c(c1)C(=O)N(C[C@@]1(c3cc4cc(C=NO)ccc4o3)NC(=O)NC1=O)C2. The van der Waals surface area contributed by atoms with Crippen LogP contribution >= 0.6 is 0 Å². The highest BCUT2D eigenvalue weighted by Crippen LogP contribution is 2.35. The van der Waals surface area contributed by atoms with Crippen LogP contribution in [0.5, 0.6) is 5.75 Å². The Hall–Kier alpha value is -4.34. The van der Waals surface area contributed by atoms with Crippen LogP contribution in [0.1, 0.15) is 27.2 Å². The third-order valence-electron chi connectivity index (χ3n) is 5.73. The van der Waals surface area contributed by atoms with E-state index in [2.05, 4.69) is 15.8 Å². The van der Waals surface area contributed by atoms with Crippen molar-refractivity contribution in [2.45, 2.75) is 12.1 Å². The lowest BCUT2D eigenvalue weighted by Gasteiger charge is -2.29. The van der Waals surface area contributed by atoms with Crippen LogP contribution in [0.15, 0.2) is 52.0 Å². The number of rotatable bonds is 5. The van der Waals surface area contributed by atoms with Crippen molar-refractivity contribution in [1.82, 2.24) is 15.5 Å². The van der Waals surface area contributed by atoms with Gasteiger partial charge in [-0.05, 0) is 47.5 Å². The lowest BCUT2D eigenvalue weighted by Crippen LogP contribution is -2.52. The lowest BCUT2D eigenvalue weighted by atomic mass is 9.95. The molecule has 162 valence electrons. The Kier molecular flexibility index (Phi) is 4.36. The number of amides is 4. The van der Waals surface area contributed by atoms with Gasteiger partial charge in [0.15, 0.2) is 5.54 Å². The summed E-state index contributed by atoms with van der Waals surface area (Å²) in [5, 5.41) is 17.3. The molecule has 0 bridgehead atoms. The van der Waals surface area contributed by atoms with Gasteiger partial charge in [0, 0.05) is 17.5 Å². The number of carbonyl (C=O) groups excluding carboxylic acids is 3. The number of hydrogen-bond acceptors (Lipinski definition) is 7. The maximum Gasteiger partial charge on any atom is 0.322 e. The molecule has 3 heterocycles. The van der Waals surface area contributed by atoms with Gasteiger partial charge >= 0.3 is 6.03 Å². The average Bonchev–Trinajstić information content (AvgIpc) is 3.42. The zero-order valence-corrected chi connectivity index (χ0v) is 16.9. The van der Waals surface area contributed by atoms with E-state index in [9.17, 15) is 14.4 Å². The number of oxime groups is 1. The van der Waals surface area contributed by atoms with E-state index in [0.717, 1.165) is 5.56 Å². The molecule has 2 aromatic carbocycles. The van der Waals surface area contributed by atoms with Crippen molar-refractivity contribution in [3.05, 3.63) is 64.9 Å². The molecular formula is C22H18N4O6. The maximum absolute atomic E-state index is 13.1. The first-order valence-corrected chi connectivity index (χ1v) is 9.75. The molecule has 10 nitrogen and oxygen atoms in total. The zero-order valence-electron chi connectivity index (χ0n) is 16.9. The standard InChI is InChI=1S/C22H18N4O6/c1-31-15-4-3-13-10-26(19(27)16(13)8-15)11-22(20(28)24-21(29)25-22)18-7-14-6-12(9-23-30)2-5-17(14)32-18/h2-9,30H,10-11H2,1H3,(H2,24,25,28,29)/t22-/m0/s1. The molecule has 0 spiro atoms. The predicted molar refractivity (Wildman–Crippen MR) is 112 cm³/mol. The Bertz CT molecular complexity index is 1310. The summed E-state index contributed by atoms with van der Waals surface area (Å²) in [6, 6.07) is 11.3. The Balaban J connectivity index is 1.54. The summed E-state index contributed by atoms with van der Waals surface area (Å²) in [6.07, 6.45) is 1.26. The van der Waals surface area contributed by atoms with Crippen molar-refractivity contribution in [3.8, 4) is 5.75 Å². The molecule has 0 unspecified atom stereocenters. The number of urea groups is 1. The number of hydrogen-bond donors (Lipinski definition) is 3. The number of ether oxygens (including phenoxy) is 1. The van der Waals surface area contributed by atoms with E-state index in [1.807, 2.05) is 0 Å². The number of nitrogens with one attached hydrogen (secondary N) is 2. The molecule has 1 fully saturated rings. The Morgan fingerprint density at radius 1 is 1.22 bits per heavy atom. The fraction of sp³-hybridized carbons (Fsp3) is 0.182. The van der Waals surface area contributed by atoms with Gasteiger partial charge in [0.05, 0.1) is 19.9 Å². The molecule has 3 N–H and O–H groups in total. The molecule has 10 heteroatoms. The van der Waals surface area contributed by atoms with Crippen LogP contribution < -0.4 is 15.4 Å². The van der Waals surface area contributed by atoms with Crippen molar-refractivity contribution < 1.29 is 28.7 Å². The van der Waals surface area contributed by atoms with Crippen molar-refractivity contribution in [2.75, 3.05) is 13.7 Å². The van der Waals surface area contributed by atoms with Gasteiger partial charge in [-0.25, -0.2) is 4.79 Å². The monoisotopic (exact) mass is 434 g/mol. The molecule has 5 rings (SSSR count). The van der Waals surface area contributed by atoms with Crippen molar-refractivity contribution in [2.24, 2.45) is 5.16 Å². The number of nitrogens with zero attached hydrogens (tertiary/aromatic N) is 2. The van der Waals surface area contributed by atoms with E-state index in [-0.39, 0.29) is 24.8 Å². The number of carbonyl (C=O) groups is 3. The van der Waals surface area contributed by atoms with Gasteiger partial charge in [-0.2, -0.15) is 0 Å². The topological polar surface area (TPSA) is 133 Å². The lowest BCUT2D eigenvalue weighted by molar-refractivity contribution is -0.125. The van der Waals surface area contributed by atoms with Crippen LogP contribution in [0, 0.1) is 0 Å². The smallest absolute Gasteiger partial charge is 0.322 e. The van der Waals surface area contributed by atoms with E-state index in [4.69, 9.17) is 14.4 Å². The van der Waals surface area contributed by atoms with Gasteiger partial charge in [-0.1, -0.05) is 11.2 Å². The maximum atomic E-state index is 13.1. The normalized spacial score (nSPS) is 20.2. The summed E-state index contributed by atoms with van der Waals surface area (Å²) in [5.41, 5.74) is 0.794. The highest BCUT2D eigenvalue weighted by Gasteiger charge is 2.53. The first kappa shape index (κ1) is 19.6. The molecule has 1 aromatic heterocycles. The van der Waals surface area contributed by atoms with Crippen LogP contribution in [0.25, 0.3) is 11.0 Å². The van der Waals surface area contributed by atoms with Gasteiger partial charge in [0.25, 0.3) is 11.8 Å². The second-order valence-corrected chi connectivity index (χ2v) is 7.65. The number of methoxy groups -OCH3 is 1. The first-order chi connectivity index (χ1) is 15.4. The second-order valence-electron chi connectivity index (χ2n) is 7.65. The van der Waals surface area contributed by atoms with Crippen LogP contribution in [0.3, 0.4) is 0 Å². The summed E-state index contributed by atoms with van der Waals surface area (Å²) < 4.78 is 11.1. The van der Waals surface area contributed by atoms with Gasteiger partial charge in [-0.3, -0.25) is 14.9 Å². The summed E-state index contributed by atoms with van der Waals surface area (Å²) in [7, 11) is 1.52. The van der Waals surface area contributed by atoms with Crippen molar-refractivity contribution in [3.63, 3.8) is 0 Å². The fourth-order valence-corrected chi connectivity index (χ4v) is 4.15. The largest absolute Gasteiger partial charge is 0.497 e. The second kappa shape index (κ2) is 7.12. The Morgan fingerprint density at radius 3 is 2.78 bits per heavy atom. The molecular weight excluding hydrogens is 416 g/mol. The van der Waals surface area contributed by atoms with Crippen molar-refractivity contribution in [1.29, 1.82) is 0 Å². The summed E-state index contributed by atoms with van der Waals surface area (Å²) in [5.74, 6) is -0.139. The third kappa shape index (κ3) is 2.96. The molecule has 1 atom stereocenters. The highest BCUT2D eigenvalue weighted by atomic mass is 16.5. The molecule has 2 aliphatic rings. The van der Waals surface area contributed by atoms with Crippen LogP contribution in [-0.4, -0.2) is 47.8 Å². The number of imide groups is 1. The Morgan fingerprint density at radius 2 is 2.06 bits per heavy atom. The number of fused-ring (bicyclic) bond motifs is 2. The van der Waals surface area contributed by atoms with Gasteiger partial charge < -0.3 is 24.6 Å². The van der Waals surface area contributed by atoms with E-state index >= 15 is 0 Å². The van der Waals surface area contributed by atoms with Crippen LogP contribution in [0.2, 0.25) is 0 Å². The van der Waals surface area contributed by atoms with Gasteiger partial charge in [0.2, 0.25) is 0 Å². The van der Waals surface area contributed by atoms with E-state index in [1.165, 1.54) is 18.2 Å². The minimum absolute atomic E-state index is 0.120. The van der Waals surface area contributed by atoms with E-state index < -0.39 is 17.5 Å². The summed E-state index contributed by atoms with van der Waals surface area (Å²) in [4.78, 5) is 39.6. The van der Waals surface area contributed by atoms with Crippen LogP contribution in [-0.2, 0) is 16.9 Å². The van der Waals surface area contributed by atoms with E-state index in [1.54, 1.807) is 42.5 Å². The Labute approximate surface area is 181 Å². The molecule has 0 aliphatic carbocycles. The number of benzene rings is 2. The molecule has 2 aliphatic heterocycles.